The molecule has 1 aromatic carbocycles. The number of hydrogen-bond donors (Lipinski definition) is 1. The van der Waals surface area contributed by atoms with Gasteiger partial charge in [-0.1, -0.05) is 36.9 Å². The second-order valence-electron chi connectivity index (χ2n) is 4.30. The number of carbonyl (C=O) groups is 3. The standard InChI is InChI=1S/C15H17NO3/c1-4-13(19)16-15(12-8-6-5-7-9-12)14(10(2)17)11(3)18/h4-9,14-15H,1H2,2-3H3,(H,16,19). The minimum Gasteiger partial charge on any atom is -0.345 e. The number of Topliss-reactive ketones (excluding diaryl/α,β-unsaturated/α-hetero) is 2. The molecular formula is C15H17NO3. The minimum atomic E-state index is -0.883. The molecule has 19 heavy (non-hydrogen) atoms. The smallest absolute Gasteiger partial charge is 0.243 e. The van der Waals surface area contributed by atoms with Gasteiger partial charge in [0.1, 0.15) is 17.5 Å². The molecule has 0 radical (unpaired) electrons. The van der Waals surface area contributed by atoms with E-state index < -0.39 is 17.9 Å². The summed E-state index contributed by atoms with van der Waals surface area (Å²) in [5.41, 5.74) is 0.716. The van der Waals surface area contributed by atoms with Crippen LogP contribution in [0.25, 0.3) is 0 Å². The topological polar surface area (TPSA) is 63.2 Å². The van der Waals surface area contributed by atoms with Gasteiger partial charge < -0.3 is 5.32 Å². The Kier molecular flexibility index (Phi) is 5.18. The molecule has 0 aromatic heterocycles. The van der Waals surface area contributed by atoms with Gasteiger partial charge in [0.2, 0.25) is 5.91 Å². The van der Waals surface area contributed by atoms with E-state index in [1.54, 1.807) is 24.3 Å². The Balaban J connectivity index is 3.17. The van der Waals surface area contributed by atoms with Gasteiger partial charge in [0.25, 0.3) is 0 Å². The normalized spacial score (nSPS) is 11.7. The van der Waals surface area contributed by atoms with Gasteiger partial charge in [-0.3, -0.25) is 14.4 Å². The van der Waals surface area contributed by atoms with E-state index >= 15 is 0 Å². The highest BCUT2D eigenvalue weighted by molar-refractivity contribution is 6.02. The van der Waals surface area contributed by atoms with Crippen molar-refractivity contribution in [2.45, 2.75) is 19.9 Å². The van der Waals surface area contributed by atoms with Crippen molar-refractivity contribution in [3.05, 3.63) is 48.6 Å². The summed E-state index contributed by atoms with van der Waals surface area (Å²) in [5.74, 6) is -1.84. The maximum atomic E-state index is 11.7. The zero-order chi connectivity index (χ0) is 14.4. The Labute approximate surface area is 112 Å². The van der Waals surface area contributed by atoms with E-state index in [1.165, 1.54) is 13.8 Å². The summed E-state index contributed by atoms with van der Waals surface area (Å²) in [6.45, 7) is 6.07. The molecule has 0 spiro atoms. The Morgan fingerprint density at radius 2 is 1.63 bits per heavy atom. The highest BCUT2D eigenvalue weighted by atomic mass is 16.2. The van der Waals surface area contributed by atoms with Gasteiger partial charge in [0.15, 0.2) is 0 Å². The summed E-state index contributed by atoms with van der Waals surface area (Å²) in [6.07, 6.45) is 1.12. The Hall–Kier alpha value is -2.23. The molecule has 4 nitrogen and oxygen atoms in total. The molecule has 4 heteroatoms. The molecular weight excluding hydrogens is 242 g/mol. The van der Waals surface area contributed by atoms with Crippen molar-refractivity contribution >= 4 is 17.5 Å². The van der Waals surface area contributed by atoms with Gasteiger partial charge >= 0.3 is 0 Å². The van der Waals surface area contributed by atoms with Crippen molar-refractivity contribution < 1.29 is 14.4 Å². The van der Waals surface area contributed by atoms with Crippen molar-refractivity contribution in [2.24, 2.45) is 5.92 Å². The van der Waals surface area contributed by atoms with Crippen molar-refractivity contribution in [1.29, 1.82) is 0 Å². The summed E-state index contributed by atoms with van der Waals surface area (Å²) in [4.78, 5) is 34.8. The second kappa shape index (κ2) is 6.64. The lowest BCUT2D eigenvalue weighted by Crippen LogP contribution is -2.38. The van der Waals surface area contributed by atoms with E-state index in [0.717, 1.165) is 6.08 Å². The summed E-state index contributed by atoms with van der Waals surface area (Å²) >= 11 is 0. The fourth-order valence-corrected chi connectivity index (χ4v) is 1.99. The first-order valence-corrected chi connectivity index (χ1v) is 5.96. The molecule has 0 aliphatic carbocycles. The fraction of sp³-hybridized carbons (Fsp3) is 0.267. The van der Waals surface area contributed by atoms with E-state index in [1.807, 2.05) is 6.07 Å². The van der Waals surface area contributed by atoms with Crippen LogP contribution in [0.5, 0.6) is 0 Å². The molecule has 1 aromatic rings. The van der Waals surface area contributed by atoms with Crippen LogP contribution >= 0.6 is 0 Å². The van der Waals surface area contributed by atoms with Gasteiger partial charge in [-0.05, 0) is 25.5 Å². The molecule has 0 aliphatic rings. The largest absolute Gasteiger partial charge is 0.345 e. The van der Waals surface area contributed by atoms with Crippen molar-refractivity contribution in [3.8, 4) is 0 Å². The molecule has 1 atom stereocenters. The van der Waals surface area contributed by atoms with Crippen LogP contribution in [-0.4, -0.2) is 17.5 Å². The lowest BCUT2D eigenvalue weighted by molar-refractivity contribution is -0.132. The lowest BCUT2D eigenvalue weighted by atomic mass is 9.87. The highest BCUT2D eigenvalue weighted by Gasteiger charge is 2.31. The molecule has 0 heterocycles. The number of ketones is 2. The molecule has 1 unspecified atom stereocenters. The fourth-order valence-electron chi connectivity index (χ4n) is 1.99. The molecule has 0 saturated heterocycles. The molecule has 0 aliphatic heterocycles. The van der Waals surface area contributed by atoms with Gasteiger partial charge in [-0.25, -0.2) is 0 Å². The molecule has 0 fully saturated rings. The number of benzene rings is 1. The summed E-state index contributed by atoms with van der Waals surface area (Å²) in [6, 6.07) is 8.29. The van der Waals surface area contributed by atoms with Crippen LogP contribution in [0.2, 0.25) is 0 Å². The number of carbonyl (C=O) groups excluding carboxylic acids is 3. The van der Waals surface area contributed by atoms with Crippen LogP contribution in [0, 0.1) is 5.92 Å². The Morgan fingerprint density at radius 1 is 1.11 bits per heavy atom. The SMILES string of the molecule is C=CC(=O)NC(c1ccccc1)C(C(C)=O)C(C)=O. The average molecular weight is 259 g/mol. The van der Waals surface area contributed by atoms with Gasteiger partial charge in [-0.15, -0.1) is 0 Å². The van der Waals surface area contributed by atoms with Crippen LogP contribution in [-0.2, 0) is 14.4 Å². The molecule has 1 rings (SSSR count). The highest BCUT2D eigenvalue weighted by Crippen LogP contribution is 2.24. The predicted molar refractivity (Wildman–Crippen MR) is 72.4 cm³/mol. The maximum Gasteiger partial charge on any atom is 0.243 e. The summed E-state index contributed by atoms with van der Waals surface area (Å²) in [7, 11) is 0. The third-order valence-electron chi connectivity index (χ3n) is 2.85. The molecule has 1 amide bonds. The van der Waals surface area contributed by atoms with E-state index in [9.17, 15) is 14.4 Å². The van der Waals surface area contributed by atoms with Gasteiger partial charge in [-0.2, -0.15) is 0 Å². The second-order valence-corrected chi connectivity index (χ2v) is 4.30. The first-order chi connectivity index (χ1) is 8.97. The third-order valence-corrected chi connectivity index (χ3v) is 2.85. The number of hydrogen-bond acceptors (Lipinski definition) is 3. The molecule has 100 valence electrons. The predicted octanol–water partition coefficient (Wildman–Crippen LogP) is 1.82. The van der Waals surface area contributed by atoms with Crippen molar-refractivity contribution in [2.75, 3.05) is 0 Å². The third kappa shape index (κ3) is 3.88. The minimum absolute atomic E-state index is 0.272. The van der Waals surface area contributed by atoms with Gasteiger partial charge in [0.05, 0.1) is 6.04 Å². The zero-order valence-electron chi connectivity index (χ0n) is 11.1. The van der Waals surface area contributed by atoms with Crippen molar-refractivity contribution in [3.63, 3.8) is 0 Å². The Bertz CT molecular complexity index is 479. The van der Waals surface area contributed by atoms with E-state index in [2.05, 4.69) is 11.9 Å². The van der Waals surface area contributed by atoms with Gasteiger partial charge in [0, 0.05) is 0 Å². The first kappa shape index (κ1) is 14.8. The zero-order valence-corrected chi connectivity index (χ0v) is 11.1. The Morgan fingerprint density at radius 3 is 2.05 bits per heavy atom. The van der Waals surface area contributed by atoms with Crippen molar-refractivity contribution in [1.82, 2.24) is 5.32 Å². The first-order valence-electron chi connectivity index (χ1n) is 5.96. The van der Waals surface area contributed by atoms with Crippen LogP contribution in [0.15, 0.2) is 43.0 Å². The van der Waals surface area contributed by atoms with Crippen LogP contribution in [0.1, 0.15) is 25.5 Å². The summed E-state index contributed by atoms with van der Waals surface area (Å²) in [5, 5.41) is 2.65. The van der Waals surface area contributed by atoms with Crippen LogP contribution < -0.4 is 5.32 Å². The van der Waals surface area contributed by atoms with Crippen LogP contribution in [0.3, 0.4) is 0 Å². The molecule has 0 saturated carbocycles. The quantitative estimate of drug-likeness (QED) is 0.626. The number of amides is 1. The summed E-state index contributed by atoms with van der Waals surface area (Å²) < 4.78 is 0. The lowest BCUT2D eigenvalue weighted by Gasteiger charge is -2.24. The van der Waals surface area contributed by atoms with E-state index in [-0.39, 0.29) is 11.6 Å². The maximum absolute atomic E-state index is 11.7. The molecule has 0 bridgehead atoms. The van der Waals surface area contributed by atoms with E-state index in [4.69, 9.17) is 0 Å². The average Bonchev–Trinajstić information content (AvgIpc) is 2.37. The van der Waals surface area contributed by atoms with E-state index in [0.29, 0.717) is 5.56 Å². The molecule has 1 N–H and O–H groups in total. The number of rotatable bonds is 6. The monoisotopic (exact) mass is 259 g/mol. The van der Waals surface area contributed by atoms with Crippen LogP contribution in [0.4, 0.5) is 0 Å². The number of nitrogens with one attached hydrogen (secondary N) is 1.